The second-order valence-corrected chi connectivity index (χ2v) is 5.96. The van der Waals surface area contributed by atoms with Crippen molar-refractivity contribution in [3.63, 3.8) is 0 Å². The lowest BCUT2D eigenvalue weighted by Gasteiger charge is -2.13. The van der Waals surface area contributed by atoms with Gasteiger partial charge < -0.3 is 10.1 Å². The highest BCUT2D eigenvalue weighted by Crippen LogP contribution is 2.24. The molecule has 21 heavy (non-hydrogen) atoms. The van der Waals surface area contributed by atoms with Crippen molar-refractivity contribution in [3.8, 4) is 5.75 Å². The maximum Gasteiger partial charge on any atom is 0.130 e. The number of nitrogens with one attached hydrogen (secondary N) is 1. The predicted molar refractivity (Wildman–Crippen MR) is 83.3 cm³/mol. The molecule has 0 radical (unpaired) electrons. The number of ether oxygens (including phenoxy) is 1. The SMILES string of the molecule is Cc1ccc(OCc2cc(C)nn2C)c(CNC2CC2)c1. The smallest absolute Gasteiger partial charge is 0.130 e. The highest BCUT2D eigenvalue weighted by atomic mass is 16.5. The number of hydrogen-bond donors (Lipinski definition) is 1. The summed E-state index contributed by atoms with van der Waals surface area (Å²) >= 11 is 0. The number of benzene rings is 1. The third kappa shape index (κ3) is 3.64. The molecule has 1 aliphatic carbocycles. The summed E-state index contributed by atoms with van der Waals surface area (Å²) in [6.07, 6.45) is 2.60. The van der Waals surface area contributed by atoms with E-state index in [-0.39, 0.29) is 0 Å². The number of nitrogens with zero attached hydrogens (tertiary/aromatic N) is 2. The van der Waals surface area contributed by atoms with Gasteiger partial charge in [-0.25, -0.2) is 0 Å². The molecule has 1 N–H and O–H groups in total. The molecule has 1 aliphatic rings. The molecule has 0 amide bonds. The first-order chi connectivity index (χ1) is 10.1. The Morgan fingerprint density at radius 2 is 2.10 bits per heavy atom. The largest absolute Gasteiger partial charge is 0.487 e. The lowest BCUT2D eigenvalue weighted by atomic mass is 10.1. The van der Waals surface area contributed by atoms with Gasteiger partial charge in [0.05, 0.1) is 11.4 Å². The summed E-state index contributed by atoms with van der Waals surface area (Å²) < 4.78 is 7.90. The van der Waals surface area contributed by atoms with Gasteiger partial charge in [0.2, 0.25) is 0 Å². The van der Waals surface area contributed by atoms with Gasteiger partial charge in [-0.05, 0) is 38.8 Å². The molecule has 0 saturated heterocycles. The van der Waals surface area contributed by atoms with Crippen molar-refractivity contribution in [3.05, 3.63) is 46.8 Å². The summed E-state index contributed by atoms with van der Waals surface area (Å²) in [5.41, 5.74) is 4.62. The van der Waals surface area contributed by atoms with E-state index in [0.29, 0.717) is 12.6 Å². The number of aryl methyl sites for hydroxylation is 3. The molecule has 0 atom stereocenters. The molecule has 3 rings (SSSR count). The Balaban J connectivity index is 1.69. The van der Waals surface area contributed by atoms with E-state index in [4.69, 9.17) is 4.74 Å². The minimum absolute atomic E-state index is 0.552. The van der Waals surface area contributed by atoms with Gasteiger partial charge in [-0.3, -0.25) is 4.68 Å². The zero-order chi connectivity index (χ0) is 14.8. The van der Waals surface area contributed by atoms with Gasteiger partial charge in [0.15, 0.2) is 0 Å². The zero-order valence-electron chi connectivity index (χ0n) is 13.0. The second kappa shape index (κ2) is 5.90. The van der Waals surface area contributed by atoms with Crippen LogP contribution < -0.4 is 10.1 Å². The van der Waals surface area contributed by atoms with E-state index in [2.05, 4.69) is 41.6 Å². The van der Waals surface area contributed by atoms with Gasteiger partial charge in [-0.1, -0.05) is 17.7 Å². The van der Waals surface area contributed by atoms with E-state index < -0.39 is 0 Å². The van der Waals surface area contributed by atoms with Crippen molar-refractivity contribution in [2.45, 2.75) is 45.9 Å². The highest BCUT2D eigenvalue weighted by Gasteiger charge is 2.20. The first-order valence-corrected chi connectivity index (χ1v) is 7.57. The monoisotopic (exact) mass is 285 g/mol. The summed E-state index contributed by atoms with van der Waals surface area (Å²) in [6.45, 7) is 5.55. The molecule has 2 aromatic rings. The Morgan fingerprint density at radius 1 is 1.29 bits per heavy atom. The van der Waals surface area contributed by atoms with Gasteiger partial charge in [0.1, 0.15) is 12.4 Å². The molecule has 4 nitrogen and oxygen atoms in total. The van der Waals surface area contributed by atoms with Crippen molar-refractivity contribution in [1.29, 1.82) is 0 Å². The number of rotatable bonds is 6. The Bertz CT molecular complexity index is 629. The van der Waals surface area contributed by atoms with E-state index >= 15 is 0 Å². The number of hydrogen-bond acceptors (Lipinski definition) is 3. The van der Waals surface area contributed by atoms with E-state index in [9.17, 15) is 0 Å². The van der Waals surface area contributed by atoms with Crippen LogP contribution in [0.4, 0.5) is 0 Å². The Labute approximate surface area is 126 Å². The topological polar surface area (TPSA) is 39.1 Å². The van der Waals surface area contributed by atoms with Gasteiger partial charge in [-0.15, -0.1) is 0 Å². The van der Waals surface area contributed by atoms with Crippen molar-refractivity contribution in [2.75, 3.05) is 0 Å². The predicted octanol–water partition coefficient (Wildman–Crippen LogP) is 2.87. The van der Waals surface area contributed by atoms with Crippen LogP contribution in [0.25, 0.3) is 0 Å². The van der Waals surface area contributed by atoms with Crippen molar-refractivity contribution < 1.29 is 4.74 Å². The van der Waals surface area contributed by atoms with Crippen LogP contribution in [0.1, 0.15) is 35.4 Å². The molecule has 1 heterocycles. The number of aromatic nitrogens is 2. The standard InChI is InChI=1S/C17H23N3O/c1-12-4-7-17(14(8-12)10-18-15-5-6-15)21-11-16-9-13(2)19-20(16)3/h4,7-9,15,18H,5-6,10-11H2,1-3H3. The minimum atomic E-state index is 0.552. The molecule has 1 fully saturated rings. The molecule has 0 bridgehead atoms. The average molecular weight is 285 g/mol. The van der Waals surface area contributed by atoms with Gasteiger partial charge in [0, 0.05) is 25.2 Å². The van der Waals surface area contributed by atoms with Gasteiger partial charge in [0.25, 0.3) is 0 Å². The summed E-state index contributed by atoms with van der Waals surface area (Å²) in [5.74, 6) is 0.965. The molecule has 1 aromatic carbocycles. The van der Waals surface area contributed by atoms with Crippen LogP contribution in [0.3, 0.4) is 0 Å². The van der Waals surface area contributed by atoms with E-state index in [0.717, 1.165) is 23.7 Å². The van der Waals surface area contributed by atoms with Crippen molar-refractivity contribution >= 4 is 0 Å². The summed E-state index contributed by atoms with van der Waals surface area (Å²) in [7, 11) is 1.95. The third-order valence-electron chi connectivity index (χ3n) is 3.85. The average Bonchev–Trinajstić information content (AvgIpc) is 3.21. The third-order valence-corrected chi connectivity index (χ3v) is 3.85. The molecule has 1 saturated carbocycles. The van der Waals surface area contributed by atoms with Crippen molar-refractivity contribution in [2.24, 2.45) is 7.05 Å². The molecule has 1 aromatic heterocycles. The second-order valence-electron chi connectivity index (χ2n) is 5.96. The van der Waals surface area contributed by atoms with Crippen LogP contribution in [0, 0.1) is 13.8 Å². The summed E-state index contributed by atoms with van der Waals surface area (Å²) in [4.78, 5) is 0. The van der Waals surface area contributed by atoms with Crippen LogP contribution in [0.2, 0.25) is 0 Å². The molecule has 112 valence electrons. The van der Waals surface area contributed by atoms with E-state index in [1.165, 1.54) is 24.0 Å². The maximum atomic E-state index is 6.02. The molecule has 0 unspecified atom stereocenters. The fourth-order valence-electron chi connectivity index (χ4n) is 2.48. The summed E-state index contributed by atoms with van der Waals surface area (Å²) in [5, 5.41) is 7.91. The lowest BCUT2D eigenvalue weighted by molar-refractivity contribution is 0.291. The van der Waals surface area contributed by atoms with E-state index in [1.807, 2.05) is 18.7 Å². The van der Waals surface area contributed by atoms with Crippen LogP contribution in [-0.4, -0.2) is 15.8 Å². The summed E-state index contributed by atoms with van der Waals surface area (Å²) in [6, 6.07) is 9.15. The van der Waals surface area contributed by atoms with Crippen LogP contribution in [0.15, 0.2) is 24.3 Å². The van der Waals surface area contributed by atoms with Crippen LogP contribution in [0.5, 0.6) is 5.75 Å². The maximum absolute atomic E-state index is 6.02. The molecular formula is C17H23N3O. The molecule has 4 heteroatoms. The van der Waals surface area contributed by atoms with E-state index in [1.54, 1.807) is 0 Å². The molecule has 0 spiro atoms. The quantitative estimate of drug-likeness (QED) is 0.887. The Hall–Kier alpha value is -1.81. The molecular weight excluding hydrogens is 262 g/mol. The highest BCUT2D eigenvalue weighted by molar-refractivity contribution is 5.37. The first kappa shape index (κ1) is 14.1. The normalized spacial score (nSPS) is 14.4. The fraction of sp³-hybridized carbons (Fsp3) is 0.471. The fourth-order valence-corrected chi connectivity index (χ4v) is 2.48. The first-order valence-electron chi connectivity index (χ1n) is 7.57. The van der Waals surface area contributed by atoms with Gasteiger partial charge >= 0.3 is 0 Å². The lowest BCUT2D eigenvalue weighted by Crippen LogP contribution is -2.16. The van der Waals surface area contributed by atoms with Crippen LogP contribution in [-0.2, 0) is 20.2 Å². The Morgan fingerprint density at radius 3 is 2.76 bits per heavy atom. The zero-order valence-corrected chi connectivity index (χ0v) is 13.0. The molecule has 0 aliphatic heterocycles. The van der Waals surface area contributed by atoms with Gasteiger partial charge in [-0.2, -0.15) is 5.10 Å². The minimum Gasteiger partial charge on any atom is -0.487 e. The Kier molecular flexibility index (Phi) is 3.97. The van der Waals surface area contributed by atoms with Crippen molar-refractivity contribution in [1.82, 2.24) is 15.1 Å². The van der Waals surface area contributed by atoms with Crippen LogP contribution >= 0.6 is 0 Å².